The van der Waals surface area contributed by atoms with Crippen LogP contribution in [0.3, 0.4) is 0 Å². The zero-order valence-electron chi connectivity index (χ0n) is 10.3. The molecule has 6 heteroatoms. The highest BCUT2D eigenvalue weighted by molar-refractivity contribution is 7.90. The number of nitrogens with zero attached hydrogens (tertiary/aromatic N) is 1. The Balaban J connectivity index is 2.07. The van der Waals surface area contributed by atoms with Crippen molar-refractivity contribution in [2.75, 3.05) is 11.6 Å². The summed E-state index contributed by atoms with van der Waals surface area (Å²) < 4.78 is 22.7. The number of halogens is 1. The summed E-state index contributed by atoms with van der Waals surface area (Å²) in [6, 6.07) is 8.53. The van der Waals surface area contributed by atoms with Gasteiger partial charge in [-0.3, -0.25) is 4.98 Å². The number of anilines is 1. The molecular formula is C13H13ClN2O2S. The van der Waals surface area contributed by atoms with E-state index < -0.39 is 9.84 Å². The Bertz CT molecular complexity index is 669. The summed E-state index contributed by atoms with van der Waals surface area (Å²) in [6.07, 6.45) is 4.41. The highest BCUT2D eigenvalue weighted by Crippen LogP contribution is 2.20. The predicted molar refractivity (Wildman–Crippen MR) is 76.1 cm³/mol. The first kappa shape index (κ1) is 13.8. The highest BCUT2D eigenvalue weighted by Gasteiger charge is 2.06. The van der Waals surface area contributed by atoms with E-state index in [1.165, 1.54) is 6.26 Å². The van der Waals surface area contributed by atoms with Crippen LogP contribution in [0.4, 0.5) is 5.69 Å². The van der Waals surface area contributed by atoms with Crippen molar-refractivity contribution in [1.29, 1.82) is 0 Å². The molecule has 4 nitrogen and oxygen atoms in total. The average molecular weight is 297 g/mol. The third-order valence-electron chi connectivity index (χ3n) is 2.61. The van der Waals surface area contributed by atoms with Gasteiger partial charge in [-0.25, -0.2) is 8.42 Å². The Morgan fingerprint density at radius 1 is 1.21 bits per heavy atom. The first-order chi connectivity index (χ1) is 8.97. The van der Waals surface area contributed by atoms with Crippen molar-refractivity contribution < 1.29 is 8.42 Å². The van der Waals surface area contributed by atoms with Crippen molar-refractivity contribution in [3.63, 3.8) is 0 Å². The van der Waals surface area contributed by atoms with Gasteiger partial charge in [0.25, 0.3) is 0 Å². The van der Waals surface area contributed by atoms with Crippen molar-refractivity contribution in [2.24, 2.45) is 0 Å². The smallest absolute Gasteiger partial charge is 0.175 e. The van der Waals surface area contributed by atoms with Gasteiger partial charge < -0.3 is 5.32 Å². The lowest BCUT2D eigenvalue weighted by atomic mass is 10.2. The zero-order valence-corrected chi connectivity index (χ0v) is 11.9. The molecule has 0 fully saturated rings. The van der Waals surface area contributed by atoms with Crippen molar-refractivity contribution in [3.8, 4) is 0 Å². The fourth-order valence-electron chi connectivity index (χ4n) is 1.57. The number of hydrogen-bond acceptors (Lipinski definition) is 4. The van der Waals surface area contributed by atoms with E-state index in [2.05, 4.69) is 10.3 Å². The zero-order chi connectivity index (χ0) is 13.9. The van der Waals surface area contributed by atoms with Crippen molar-refractivity contribution in [2.45, 2.75) is 11.4 Å². The standard InChI is InChI=1S/C13H13ClN2O2S/c1-19(17,18)11-4-2-10(3-5-11)8-16-13-6-7-15-9-12(13)14/h2-7,9H,8H2,1H3,(H,15,16). The van der Waals surface area contributed by atoms with Crippen LogP contribution in [0.5, 0.6) is 0 Å². The fraction of sp³-hybridized carbons (Fsp3) is 0.154. The second-order valence-corrected chi connectivity index (χ2v) is 6.55. The van der Waals surface area contributed by atoms with Crippen LogP contribution in [-0.4, -0.2) is 19.7 Å². The molecule has 0 saturated heterocycles. The average Bonchev–Trinajstić information content (AvgIpc) is 2.37. The molecule has 1 N–H and O–H groups in total. The van der Waals surface area contributed by atoms with Gasteiger partial charge >= 0.3 is 0 Å². The maximum atomic E-state index is 11.3. The first-order valence-electron chi connectivity index (χ1n) is 5.59. The second kappa shape index (κ2) is 5.59. The molecule has 0 spiro atoms. The molecule has 0 bridgehead atoms. The van der Waals surface area contributed by atoms with E-state index in [4.69, 9.17) is 11.6 Å². The van der Waals surface area contributed by atoms with Crippen LogP contribution in [-0.2, 0) is 16.4 Å². The quantitative estimate of drug-likeness (QED) is 0.942. The van der Waals surface area contributed by atoms with Crippen LogP contribution in [0.1, 0.15) is 5.56 Å². The molecule has 100 valence electrons. The normalized spacial score (nSPS) is 11.3. The van der Waals surface area contributed by atoms with Crippen LogP contribution < -0.4 is 5.32 Å². The minimum atomic E-state index is -3.14. The largest absolute Gasteiger partial charge is 0.380 e. The monoisotopic (exact) mass is 296 g/mol. The molecule has 0 radical (unpaired) electrons. The molecule has 0 aliphatic carbocycles. The number of nitrogens with one attached hydrogen (secondary N) is 1. The molecule has 0 amide bonds. The first-order valence-corrected chi connectivity index (χ1v) is 7.86. The second-order valence-electron chi connectivity index (χ2n) is 4.13. The summed E-state index contributed by atoms with van der Waals surface area (Å²) >= 11 is 5.97. The summed E-state index contributed by atoms with van der Waals surface area (Å²) in [6.45, 7) is 0.563. The van der Waals surface area contributed by atoms with E-state index in [1.54, 1.807) is 42.7 Å². The van der Waals surface area contributed by atoms with Gasteiger partial charge in [-0.2, -0.15) is 0 Å². The van der Waals surface area contributed by atoms with E-state index in [-0.39, 0.29) is 0 Å². The SMILES string of the molecule is CS(=O)(=O)c1ccc(CNc2ccncc2Cl)cc1. The topological polar surface area (TPSA) is 59.1 Å². The molecule has 0 atom stereocenters. The van der Waals surface area contributed by atoms with Gasteiger partial charge in [0.05, 0.1) is 15.6 Å². The lowest BCUT2D eigenvalue weighted by Gasteiger charge is -2.08. The van der Waals surface area contributed by atoms with E-state index >= 15 is 0 Å². The molecular weight excluding hydrogens is 284 g/mol. The molecule has 0 unspecified atom stereocenters. The lowest BCUT2D eigenvalue weighted by Crippen LogP contribution is -2.01. The van der Waals surface area contributed by atoms with E-state index in [0.717, 1.165) is 11.3 Å². The Kier molecular flexibility index (Phi) is 4.07. The molecule has 0 aliphatic heterocycles. The van der Waals surface area contributed by atoms with Gasteiger partial charge in [-0.15, -0.1) is 0 Å². The summed E-state index contributed by atoms with van der Waals surface area (Å²) in [5, 5.41) is 3.72. The molecule has 0 saturated carbocycles. The molecule has 1 heterocycles. The number of benzene rings is 1. The van der Waals surface area contributed by atoms with E-state index in [9.17, 15) is 8.42 Å². The minimum absolute atomic E-state index is 0.318. The summed E-state index contributed by atoms with van der Waals surface area (Å²) in [4.78, 5) is 4.22. The molecule has 1 aromatic heterocycles. The van der Waals surface area contributed by atoms with Crippen LogP contribution in [0, 0.1) is 0 Å². The van der Waals surface area contributed by atoms with Crippen LogP contribution >= 0.6 is 11.6 Å². The van der Waals surface area contributed by atoms with Gasteiger partial charge in [0.1, 0.15) is 0 Å². The highest BCUT2D eigenvalue weighted by atomic mass is 35.5. The predicted octanol–water partition coefficient (Wildman–Crippen LogP) is 2.75. The molecule has 19 heavy (non-hydrogen) atoms. The van der Waals surface area contributed by atoms with Crippen molar-refractivity contribution >= 4 is 27.1 Å². The molecule has 2 rings (SSSR count). The molecule has 1 aromatic carbocycles. The van der Waals surface area contributed by atoms with Crippen LogP contribution in [0.2, 0.25) is 5.02 Å². The maximum absolute atomic E-state index is 11.3. The summed E-state index contributed by atoms with van der Waals surface area (Å²) in [5.41, 5.74) is 1.77. The fourth-order valence-corrected chi connectivity index (χ4v) is 2.39. The van der Waals surface area contributed by atoms with Gasteiger partial charge in [0.15, 0.2) is 9.84 Å². The van der Waals surface area contributed by atoms with Crippen molar-refractivity contribution in [1.82, 2.24) is 4.98 Å². The molecule has 0 aliphatic rings. The number of hydrogen-bond donors (Lipinski definition) is 1. The minimum Gasteiger partial charge on any atom is -0.380 e. The van der Waals surface area contributed by atoms with Gasteiger partial charge in [-0.1, -0.05) is 23.7 Å². The molecule has 2 aromatic rings. The Morgan fingerprint density at radius 3 is 2.47 bits per heavy atom. The Labute approximate surface area is 117 Å². The summed E-state index contributed by atoms with van der Waals surface area (Å²) in [5.74, 6) is 0. The lowest BCUT2D eigenvalue weighted by molar-refractivity contribution is 0.602. The van der Waals surface area contributed by atoms with Gasteiger partial charge in [-0.05, 0) is 23.8 Å². The number of pyridine rings is 1. The van der Waals surface area contributed by atoms with Crippen LogP contribution in [0.25, 0.3) is 0 Å². The number of aromatic nitrogens is 1. The summed E-state index contributed by atoms with van der Waals surface area (Å²) in [7, 11) is -3.14. The van der Waals surface area contributed by atoms with E-state index in [0.29, 0.717) is 16.5 Å². The Morgan fingerprint density at radius 2 is 1.89 bits per heavy atom. The number of rotatable bonds is 4. The van der Waals surface area contributed by atoms with E-state index in [1.807, 2.05) is 0 Å². The van der Waals surface area contributed by atoms with Gasteiger partial charge in [0.2, 0.25) is 0 Å². The maximum Gasteiger partial charge on any atom is 0.175 e. The van der Waals surface area contributed by atoms with Crippen molar-refractivity contribution in [3.05, 3.63) is 53.3 Å². The number of sulfone groups is 1. The third-order valence-corrected chi connectivity index (χ3v) is 4.04. The Hall–Kier alpha value is -1.59. The van der Waals surface area contributed by atoms with Crippen LogP contribution in [0.15, 0.2) is 47.6 Å². The third kappa shape index (κ3) is 3.68. The van der Waals surface area contributed by atoms with Gasteiger partial charge in [0, 0.05) is 25.2 Å².